The third kappa shape index (κ3) is 4.29. The van der Waals surface area contributed by atoms with E-state index in [1.807, 2.05) is 19.9 Å². The van der Waals surface area contributed by atoms with E-state index in [0.717, 1.165) is 11.1 Å². The first-order valence-corrected chi connectivity index (χ1v) is 10.6. The van der Waals surface area contributed by atoms with Gasteiger partial charge in [0.25, 0.3) is 5.91 Å². The molecule has 0 bridgehead atoms. The number of benzene rings is 2. The van der Waals surface area contributed by atoms with Crippen molar-refractivity contribution in [3.63, 3.8) is 0 Å². The van der Waals surface area contributed by atoms with Gasteiger partial charge in [0.1, 0.15) is 11.0 Å². The summed E-state index contributed by atoms with van der Waals surface area (Å²) in [6, 6.07) is 14.5. The van der Waals surface area contributed by atoms with Gasteiger partial charge in [-0.1, -0.05) is 17.7 Å². The molecule has 2 aromatic carbocycles. The Morgan fingerprint density at radius 1 is 1.07 bits per heavy atom. The number of hydrogen-bond acceptors (Lipinski definition) is 4. The van der Waals surface area contributed by atoms with Crippen molar-refractivity contribution in [2.24, 2.45) is 0 Å². The van der Waals surface area contributed by atoms with Crippen LogP contribution in [0.5, 0.6) is 0 Å². The zero-order valence-electron chi connectivity index (χ0n) is 15.5. The number of hydrogen-bond donors (Lipinski definition) is 1. The van der Waals surface area contributed by atoms with Crippen molar-refractivity contribution in [3.8, 4) is 0 Å². The summed E-state index contributed by atoms with van der Waals surface area (Å²) in [6.45, 7) is 3.76. The Bertz CT molecular complexity index is 1070. The number of carbonyl (C=O) groups excluding carboxylic acids is 1. The van der Waals surface area contributed by atoms with Gasteiger partial charge in [-0.25, -0.2) is 8.42 Å². The van der Waals surface area contributed by atoms with E-state index >= 15 is 0 Å². The molecule has 146 valence electrons. The van der Waals surface area contributed by atoms with Crippen LogP contribution < -0.4 is 5.32 Å². The molecular weight excluding hydrogens is 398 g/mol. The first-order valence-electron chi connectivity index (χ1n) is 8.67. The van der Waals surface area contributed by atoms with Crippen LogP contribution in [-0.4, -0.2) is 20.9 Å². The summed E-state index contributed by atoms with van der Waals surface area (Å²) in [5.41, 5.74) is 2.55. The van der Waals surface area contributed by atoms with Crippen LogP contribution in [0.15, 0.2) is 70.2 Å². The minimum Gasteiger partial charge on any atom is -0.468 e. The van der Waals surface area contributed by atoms with Crippen LogP contribution >= 0.6 is 11.6 Å². The van der Waals surface area contributed by atoms with Crippen LogP contribution in [0.4, 0.5) is 0 Å². The molecule has 7 heteroatoms. The van der Waals surface area contributed by atoms with Crippen molar-refractivity contribution in [1.82, 2.24) is 5.32 Å². The molecule has 1 aromatic heterocycles. The van der Waals surface area contributed by atoms with Crippen LogP contribution in [0.2, 0.25) is 5.02 Å². The van der Waals surface area contributed by atoms with Crippen LogP contribution in [0.3, 0.4) is 0 Å². The lowest BCUT2D eigenvalue weighted by molar-refractivity contribution is 0.0953. The number of aryl methyl sites for hydroxylation is 2. The average Bonchev–Trinajstić information content (AvgIpc) is 3.18. The first kappa shape index (κ1) is 20.2. The normalized spacial score (nSPS) is 12.5. The minimum atomic E-state index is -3.80. The van der Waals surface area contributed by atoms with E-state index in [1.54, 1.807) is 24.3 Å². The van der Waals surface area contributed by atoms with Crippen molar-refractivity contribution in [2.45, 2.75) is 24.0 Å². The lowest BCUT2D eigenvalue weighted by Gasteiger charge is -2.17. The van der Waals surface area contributed by atoms with Crippen LogP contribution in [-0.2, 0) is 9.84 Å². The van der Waals surface area contributed by atoms with Gasteiger partial charge in [0.15, 0.2) is 9.84 Å². The monoisotopic (exact) mass is 417 g/mol. The van der Waals surface area contributed by atoms with Gasteiger partial charge >= 0.3 is 0 Å². The van der Waals surface area contributed by atoms with E-state index in [0.29, 0.717) is 10.6 Å². The average molecular weight is 418 g/mol. The van der Waals surface area contributed by atoms with Gasteiger partial charge in [0.2, 0.25) is 0 Å². The largest absolute Gasteiger partial charge is 0.468 e. The molecule has 1 N–H and O–H groups in total. The Morgan fingerprint density at radius 2 is 1.79 bits per heavy atom. The summed E-state index contributed by atoms with van der Waals surface area (Å²) >= 11 is 5.86. The number of nitrogens with one attached hydrogen (secondary N) is 1. The fourth-order valence-electron chi connectivity index (χ4n) is 2.80. The second kappa shape index (κ2) is 8.20. The van der Waals surface area contributed by atoms with E-state index in [4.69, 9.17) is 16.0 Å². The lowest BCUT2D eigenvalue weighted by atomic mass is 10.1. The molecule has 0 aliphatic carbocycles. The highest BCUT2D eigenvalue weighted by Gasteiger charge is 2.32. The van der Waals surface area contributed by atoms with E-state index < -0.39 is 15.1 Å². The van der Waals surface area contributed by atoms with Gasteiger partial charge in [-0.15, -0.1) is 0 Å². The van der Waals surface area contributed by atoms with Gasteiger partial charge < -0.3 is 9.73 Å². The molecule has 28 heavy (non-hydrogen) atoms. The fraction of sp³-hybridized carbons (Fsp3) is 0.190. The van der Waals surface area contributed by atoms with Crippen molar-refractivity contribution in [2.75, 3.05) is 6.54 Å². The van der Waals surface area contributed by atoms with E-state index in [9.17, 15) is 13.2 Å². The molecule has 3 rings (SSSR count). The smallest absolute Gasteiger partial charge is 0.251 e. The van der Waals surface area contributed by atoms with Crippen molar-refractivity contribution in [1.29, 1.82) is 0 Å². The highest BCUT2D eigenvalue weighted by Crippen LogP contribution is 2.29. The topological polar surface area (TPSA) is 76.4 Å². The predicted molar refractivity (Wildman–Crippen MR) is 108 cm³/mol. The van der Waals surface area contributed by atoms with Crippen LogP contribution in [0.1, 0.15) is 32.5 Å². The van der Waals surface area contributed by atoms with Gasteiger partial charge in [-0.2, -0.15) is 0 Å². The van der Waals surface area contributed by atoms with Crippen molar-refractivity contribution in [3.05, 3.63) is 88.3 Å². The van der Waals surface area contributed by atoms with Crippen LogP contribution in [0, 0.1) is 13.8 Å². The summed E-state index contributed by atoms with van der Waals surface area (Å²) in [5, 5.41) is 2.10. The quantitative estimate of drug-likeness (QED) is 0.640. The Hall–Kier alpha value is -2.57. The molecule has 0 saturated heterocycles. The molecule has 0 fully saturated rings. The van der Waals surface area contributed by atoms with E-state index in [-0.39, 0.29) is 23.1 Å². The zero-order chi connectivity index (χ0) is 20.3. The molecule has 0 aliphatic rings. The molecule has 0 radical (unpaired) electrons. The number of carbonyl (C=O) groups is 1. The van der Waals surface area contributed by atoms with Gasteiger partial charge in [-0.3, -0.25) is 4.79 Å². The summed E-state index contributed by atoms with van der Waals surface area (Å²) in [4.78, 5) is 12.6. The molecule has 1 amide bonds. The van der Waals surface area contributed by atoms with E-state index in [1.165, 1.54) is 30.5 Å². The fourth-order valence-corrected chi connectivity index (χ4v) is 4.51. The van der Waals surface area contributed by atoms with Gasteiger partial charge in [0, 0.05) is 17.1 Å². The van der Waals surface area contributed by atoms with Crippen LogP contribution in [0.25, 0.3) is 0 Å². The second-order valence-corrected chi connectivity index (χ2v) is 9.08. The molecule has 0 unspecified atom stereocenters. The highest BCUT2D eigenvalue weighted by atomic mass is 35.5. The highest BCUT2D eigenvalue weighted by molar-refractivity contribution is 7.91. The molecule has 0 saturated carbocycles. The molecule has 3 aromatic rings. The minimum absolute atomic E-state index is 0.110. The van der Waals surface area contributed by atoms with Gasteiger partial charge in [-0.05, 0) is 73.5 Å². The molecule has 5 nitrogen and oxygen atoms in total. The van der Waals surface area contributed by atoms with Gasteiger partial charge in [0.05, 0.1) is 11.2 Å². The molecule has 1 heterocycles. The summed E-state index contributed by atoms with van der Waals surface area (Å²) in [5.74, 6) is -0.0821. The zero-order valence-corrected chi connectivity index (χ0v) is 17.0. The lowest BCUT2D eigenvalue weighted by Crippen LogP contribution is -2.31. The predicted octanol–water partition coefficient (Wildman–Crippen LogP) is 4.49. The number of furan rings is 1. The van der Waals surface area contributed by atoms with E-state index in [2.05, 4.69) is 5.32 Å². The Balaban J connectivity index is 1.86. The molecule has 0 aliphatic heterocycles. The Morgan fingerprint density at radius 3 is 2.39 bits per heavy atom. The summed E-state index contributed by atoms with van der Waals surface area (Å²) in [6.07, 6.45) is 1.41. The number of rotatable bonds is 6. The SMILES string of the molecule is Cc1ccc(C(=O)NC[C@H](c2ccco2)S(=O)(=O)c2ccc(Cl)cc2)cc1C. The number of sulfone groups is 1. The Kier molecular flexibility index (Phi) is 5.91. The molecule has 0 spiro atoms. The maximum absolute atomic E-state index is 13.1. The number of amides is 1. The maximum atomic E-state index is 13.1. The Labute approximate surface area is 169 Å². The third-order valence-corrected chi connectivity index (χ3v) is 6.92. The summed E-state index contributed by atoms with van der Waals surface area (Å²) < 4.78 is 31.6. The summed E-state index contributed by atoms with van der Waals surface area (Å²) in [7, 11) is -3.80. The molecule has 1 atom stereocenters. The second-order valence-electron chi connectivity index (χ2n) is 6.51. The first-order chi connectivity index (χ1) is 13.3. The third-order valence-electron chi connectivity index (χ3n) is 4.59. The van der Waals surface area contributed by atoms with Crippen molar-refractivity contribution < 1.29 is 17.6 Å². The maximum Gasteiger partial charge on any atom is 0.251 e. The molecular formula is C21H20ClNO4S. The number of halogens is 1. The standard InChI is InChI=1S/C21H20ClNO4S/c1-14-5-6-16(12-15(14)2)21(24)23-13-20(19-4-3-11-27-19)28(25,26)18-9-7-17(22)8-10-18/h3-12,20H,13H2,1-2H3,(H,23,24)/t20-/m1/s1. The van der Waals surface area contributed by atoms with Crippen molar-refractivity contribution >= 4 is 27.3 Å².